The standard InChI is InChI=1S/C13H24N2O4S/c1-10-6-11(2)8-15(7-10)20(18,19)14-5-3-4-12(9-14)13(16)17/h10-12H,3-9H2,1-2H3,(H,16,17)/t10-,11-,12-/m1/s1. The van der Waals surface area contributed by atoms with E-state index in [1.807, 2.05) is 0 Å². The number of nitrogens with zero attached hydrogens (tertiary/aromatic N) is 2. The zero-order chi connectivity index (χ0) is 14.9. The van der Waals surface area contributed by atoms with Crippen LogP contribution in [0.2, 0.25) is 0 Å². The van der Waals surface area contributed by atoms with Crippen LogP contribution in [0.1, 0.15) is 33.1 Å². The van der Waals surface area contributed by atoms with Crippen LogP contribution in [0, 0.1) is 17.8 Å². The van der Waals surface area contributed by atoms with Gasteiger partial charge in [-0.2, -0.15) is 17.0 Å². The topological polar surface area (TPSA) is 77.9 Å². The number of rotatable bonds is 3. The van der Waals surface area contributed by atoms with Crippen LogP contribution in [0.4, 0.5) is 0 Å². The number of carboxylic acids is 1. The number of piperidine rings is 2. The molecule has 2 aliphatic rings. The molecule has 0 radical (unpaired) electrons. The van der Waals surface area contributed by atoms with Gasteiger partial charge < -0.3 is 5.11 Å². The maximum atomic E-state index is 12.7. The van der Waals surface area contributed by atoms with Gasteiger partial charge >= 0.3 is 5.97 Å². The fraction of sp³-hybridized carbons (Fsp3) is 0.923. The number of hydrogen-bond donors (Lipinski definition) is 1. The molecule has 0 aromatic carbocycles. The van der Waals surface area contributed by atoms with E-state index >= 15 is 0 Å². The average molecular weight is 304 g/mol. The van der Waals surface area contributed by atoms with Gasteiger partial charge in [-0.25, -0.2) is 0 Å². The van der Waals surface area contributed by atoms with Crippen molar-refractivity contribution in [3.63, 3.8) is 0 Å². The van der Waals surface area contributed by atoms with E-state index in [-0.39, 0.29) is 6.54 Å². The van der Waals surface area contributed by atoms with Crippen LogP contribution >= 0.6 is 0 Å². The Hall–Kier alpha value is -0.660. The van der Waals surface area contributed by atoms with Crippen molar-refractivity contribution in [1.29, 1.82) is 0 Å². The highest BCUT2D eigenvalue weighted by Gasteiger charge is 2.38. The molecule has 0 aliphatic carbocycles. The van der Waals surface area contributed by atoms with Crippen LogP contribution < -0.4 is 0 Å². The summed E-state index contributed by atoms with van der Waals surface area (Å²) in [5.41, 5.74) is 0. The van der Waals surface area contributed by atoms with Crippen LogP contribution in [0.5, 0.6) is 0 Å². The van der Waals surface area contributed by atoms with E-state index in [0.717, 1.165) is 6.42 Å². The second kappa shape index (κ2) is 5.99. The van der Waals surface area contributed by atoms with E-state index < -0.39 is 22.1 Å². The predicted molar refractivity (Wildman–Crippen MR) is 75.4 cm³/mol. The summed E-state index contributed by atoms with van der Waals surface area (Å²) < 4.78 is 28.2. The first-order valence-electron chi connectivity index (χ1n) is 7.28. The van der Waals surface area contributed by atoms with Crippen molar-refractivity contribution in [2.24, 2.45) is 17.8 Å². The predicted octanol–water partition coefficient (Wildman–Crippen LogP) is 1.01. The monoisotopic (exact) mass is 304 g/mol. The van der Waals surface area contributed by atoms with Gasteiger partial charge in [0, 0.05) is 26.2 Å². The maximum Gasteiger partial charge on any atom is 0.307 e. The Morgan fingerprint density at radius 1 is 1.10 bits per heavy atom. The minimum Gasteiger partial charge on any atom is -0.481 e. The second-order valence-electron chi connectivity index (χ2n) is 6.31. The molecule has 0 saturated carbocycles. The number of carboxylic acid groups (broad SMARTS) is 1. The van der Waals surface area contributed by atoms with Gasteiger partial charge in [-0.15, -0.1) is 0 Å². The molecular formula is C13H24N2O4S. The van der Waals surface area contributed by atoms with Gasteiger partial charge in [-0.3, -0.25) is 4.79 Å². The van der Waals surface area contributed by atoms with Crippen LogP contribution in [0.15, 0.2) is 0 Å². The Bertz CT molecular complexity index is 455. The summed E-state index contributed by atoms with van der Waals surface area (Å²) >= 11 is 0. The summed E-state index contributed by atoms with van der Waals surface area (Å²) in [6, 6.07) is 0. The van der Waals surface area contributed by atoms with Gasteiger partial charge in [0.25, 0.3) is 10.2 Å². The zero-order valence-electron chi connectivity index (χ0n) is 12.2. The Morgan fingerprint density at radius 2 is 1.70 bits per heavy atom. The molecule has 2 fully saturated rings. The minimum absolute atomic E-state index is 0.108. The molecule has 0 unspecified atom stereocenters. The summed E-state index contributed by atoms with van der Waals surface area (Å²) in [6.45, 7) is 5.76. The molecule has 2 saturated heterocycles. The Morgan fingerprint density at radius 3 is 2.25 bits per heavy atom. The summed E-state index contributed by atoms with van der Waals surface area (Å²) in [7, 11) is -3.51. The molecule has 6 nitrogen and oxygen atoms in total. The van der Waals surface area contributed by atoms with Crippen LogP contribution in [0.3, 0.4) is 0 Å². The van der Waals surface area contributed by atoms with Crippen molar-refractivity contribution in [3.8, 4) is 0 Å². The first-order chi connectivity index (χ1) is 9.30. The van der Waals surface area contributed by atoms with Crippen molar-refractivity contribution in [2.75, 3.05) is 26.2 Å². The molecular weight excluding hydrogens is 280 g/mol. The van der Waals surface area contributed by atoms with Crippen molar-refractivity contribution in [1.82, 2.24) is 8.61 Å². The highest BCUT2D eigenvalue weighted by molar-refractivity contribution is 7.86. The molecule has 7 heteroatoms. The molecule has 2 aliphatic heterocycles. The Balaban J connectivity index is 2.11. The zero-order valence-corrected chi connectivity index (χ0v) is 13.0. The van der Waals surface area contributed by atoms with E-state index in [2.05, 4.69) is 13.8 Å². The number of carbonyl (C=O) groups is 1. The van der Waals surface area contributed by atoms with Gasteiger partial charge in [-0.05, 0) is 31.1 Å². The van der Waals surface area contributed by atoms with Crippen molar-refractivity contribution in [2.45, 2.75) is 33.1 Å². The average Bonchev–Trinajstić information content (AvgIpc) is 2.37. The van der Waals surface area contributed by atoms with Gasteiger partial charge in [0.2, 0.25) is 0 Å². The maximum absolute atomic E-state index is 12.7. The molecule has 1 N–H and O–H groups in total. The molecule has 0 amide bonds. The summed E-state index contributed by atoms with van der Waals surface area (Å²) in [4.78, 5) is 11.1. The first-order valence-corrected chi connectivity index (χ1v) is 8.68. The fourth-order valence-corrected chi connectivity index (χ4v) is 5.25. The lowest BCUT2D eigenvalue weighted by atomic mass is 9.94. The van der Waals surface area contributed by atoms with Crippen LogP contribution in [-0.4, -0.2) is 54.3 Å². The summed E-state index contributed by atoms with van der Waals surface area (Å²) in [5.74, 6) is -0.759. The van der Waals surface area contributed by atoms with Crippen molar-refractivity contribution in [3.05, 3.63) is 0 Å². The van der Waals surface area contributed by atoms with Crippen LogP contribution in [-0.2, 0) is 15.0 Å². The van der Waals surface area contributed by atoms with Gasteiger partial charge in [0.15, 0.2) is 0 Å². The van der Waals surface area contributed by atoms with E-state index in [0.29, 0.717) is 44.3 Å². The van der Waals surface area contributed by atoms with E-state index in [4.69, 9.17) is 5.11 Å². The van der Waals surface area contributed by atoms with Gasteiger partial charge in [-0.1, -0.05) is 13.8 Å². The lowest BCUT2D eigenvalue weighted by Gasteiger charge is -2.39. The molecule has 3 atom stereocenters. The Labute approximate surface area is 120 Å². The molecule has 0 bridgehead atoms. The number of hydrogen-bond acceptors (Lipinski definition) is 3. The summed E-state index contributed by atoms with van der Waals surface area (Å²) in [5, 5.41) is 9.08. The highest BCUT2D eigenvalue weighted by Crippen LogP contribution is 2.27. The van der Waals surface area contributed by atoms with Crippen molar-refractivity contribution >= 4 is 16.2 Å². The molecule has 0 aromatic rings. The van der Waals surface area contributed by atoms with Crippen molar-refractivity contribution < 1.29 is 18.3 Å². The number of aliphatic carboxylic acids is 1. The molecule has 2 heterocycles. The molecule has 0 spiro atoms. The lowest BCUT2D eigenvalue weighted by Crippen LogP contribution is -2.52. The second-order valence-corrected chi connectivity index (χ2v) is 8.23. The van der Waals surface area contributed by atoms with Gasteiger partial charge in [0.05, 0.1) is 5.92 Å². The van der Waals surface area contributed by atoms with Gasteiger partial charge in [0.1, 0.15) is 0 Å². The summed E-state index contributed by atoms with van der Waals surface area (Å²) in [6.07, 6.45) is 2.23. The van der Waals surface area contributed by atoms with Crippen LogP contribution in [0.25, 0.3) is 0 Å². The molecule has 0 aromatic heterocycles. The van der Waals surface area contributed by atoms with E-state index in [1.54, 1.807) is 0 Å². The largest absolute Gasteiger partial charge is 0.481 e. The fourth-order valence-electron chi connectivity index (χ4n) is 3.31. The minimum atomic E-state index is -3.51. The normalized spacial score (nSPS) is 34.0. The SMILES string of the molecule is C[C@@H]1C[C@@H](C)CN(S(=O)(=O)N2CCC[C@@H](C(=O)O)C2)C1. The van der Waals surface area contributed by atoms with E-state index in [9.17, 15) is 13.2 Å². The third kappa shape index (κ3) is 3.32. The molecule has 20 heavy (non-hydrogen) atoms. The third-order valence-corrected chi connectivity index (χ3v) is 6.16. The third-order valence-electron chi connectivity index (χ3n) is 4.22. The molecule has 2 rings (SSSR count). The first kappa shape index (κ1) is 15.7. The molecule has 116 valence electrons. The smallest absolute Gasteiger partial charge is 0.307 e. The highest BCUT2D eigenvalue weighted by atomic mass is 32.2. The Kier molecular flexibility index (Phi) is 4.71. The van der Waals surface area contributed by atoms with E-state index in [1.165, 1.54) is 8.61 Å². The lowest BCUT2D eigenvalue weighted by molar-refractivity contribution is -0.142. The quantitative estimate of drug-likeness (QED) is 0.844.